The number of hydrogen-bond acceptors (Lipinski definition) is 10. The van der Waals surface area contributed by atoms with Gasteiger partial charge in [0.25, 0.3) is 0 Å². The van der Waals surface area contributed by atoms with Gasteiger partial charge in [0.2, 0.25) is 5.91 Å². The Morgan fingerprint density at radius 2 is 1.07 bits per heavy atom. The summed E-state index contributed by atoms with van der Waals surface area (Å²) < 4.78 is 0. The van der Waals surface area contributed by atoms with Crippen LogP contribution in [0.5, 0.6) is 0 Å². The molecule has 0 fully saturated rings. The smallest absolute Gasteiger partial charge is 0.321 e. The van der Waals surface area contributed by atoms with Crippen LogP contribution >= 0.6 is 0 Å². The molecule has 0 radical (unpaired) electrons. The molecule has 0 spiro atoms. The summed E-state index contributed by atoms with van der Waals surface area (Å²) in [5, 5.41) is 39.7. The van der Waals surface area contributed by atoms with Gasteiger partial charge in [-0.05, 0) is 13.3 Å². The van der Waals surface area contributed by atoms with Gasteiger partial charge in [-0.15, -0.1) is 0 Å². The van der Waals surface area contributed by atoms with Crippen LogP contribution in [0.15, 0.2) is 0 Å². The van der Waals surface area contributed by atoms with Crippen LogP contribution in [0.1, 0.15) is 26.2 Å². The lowest BCUT2D eigenvalue weighted by atomic mass is 10.2. The van der Waals surface area contributed by atoms with Crippen LogP contribution in [-0.4, -0.2) is 86.0 Å². The van der Waals surface area contributed by atoms with Crippen LogP contribution in [-0.2, 0) is 28.8 Å². The monoisotopic (exact) mass is 443 g/mol. The third-order valence-corrected chi connectivity index (χ3v) is 2.29. The van der Waals surface area contributed by atoms with E-state index >= 15 is 0 Å². The number of nitrogens with two attached hydrogens (primary N) is 5. The standard InChI is InChI=1S/C5H10N2O3.C4H7NO4.C3H7NO2.C2H5NO2/c6-3(5(9)10)1-2-4(7)8;5-2(4(8)9)1-3(6)7;1-2(4)3(5)6;3-1-2(4)5/h3H,1-2,6H2,(H2,7,8)(H,9,10);2H,1,5H2,(H,6,7)(H,8,9);2H,4H2,1H3,(H,5,6);1,3H2,(H,4,5)/t3-;2*2-;/m000./s1. The zero-order chi connectivity index (χ0) is 25.0. The van der Waals surface area contributed by atoms with E-state index in [-0.39, 0.29) is 19.4 Å². The molecule has 176 valence electrons. The Balaban J connectivity index is -0.000000156. The summed E-state index contributed by atoms with van der Waals surface area (Å²) in [5.74, 6) is -6.07. The molecule has 0 saturated heterocycles. The van der Waals surface area contributed by atoms with E-state index in [1.54, 1.807) is 0 Å². The predicted octanol–water partition coefficient (Wildman–Crippen LogP) is -4.02. The highest BCUT2D eigenvalue weighted by Crippen LogP contribution is 1.92. The Hall–Kier alpha value is -3.34. The molecule has 30 heavy (non-hydrogen) atoms. The maximum atomic E-state index is 10.1. The van der Waals surface area contributed by atoms with E-state index < -0.39 is 60.3 Å². The lowest BCUT2D eigenvalue weighted by Gasteiger charge is -2.01. The number of aliphatic carboxylic acids is 5. The number of amides is 1. The number of primary amides is 1. The van der Waals surface area contributed by atoms with Crippen molar-refractivity contribution < 1.29 is 54.3 Å². The number of carboxylic acid groups (broad SMARTS) is 5. The molecule has 0 aromatic carbocycles. The third kappa shape index (κ3) is 35.7. The van der Waals surface area contributed by atoms with Crippen molar-refractivity contribution in [2.75, 3.05) is 6.54 Å². The summed E-state index contributed by atoms with van der Waals surface area (Å²) in [4.78, 5) is 58.6. The second kappa shape index (κ2) is 20.4. The van der Waals surface area contributed by atoms with Crippen LogP contribution in [0.4, 0.5) is 0 Å². The fourth-order valence-electron chi connectivity index (χ4n) is 0.697. The molecule has 0 heterocycles. The molecule has 0 unspecified atom stereocenters. The molecule has 0 aliphatic heterocycles. The Kier molecular flexibility index (Phi) is 23.2. The maximum absolute atomic E-state index is 10.1. The Morgan fingerprint density at radius 1 is 0.733 bits per heavy atom. The molecule has 0 aliphatic rings. The lowest BCUT2D eigenvalue weighted by Crippen LogP contribution is -2.32. The van der Waals surface area contributed by atoms with E-state index in [1.807, 2.05) is 0 Å². The number of rotatable bonds is 9. The van der Waals surface area contributed by atoms with E-state index in [4.69, 9.17) is 48.5 Å². The highest BCUT2D eigenvalue weighted by molar-refractivity contribution is 5.80. The SMILES string of the molecule is C[C@H](N)C(=O)O.NC(=O)CC[C@H](N)C(=O)O.NCC(=O)O.N[C@@H](CC(=O)O)C(=O)O. The minimum absolute atomic E-state index is 0.0213. The number of carbonyl (C=O) groups excluding carboxylic acids is 1. The molecule has 1 amide bonds. The fourth-order valence-corrected chi connectivity index (χ4v) is 0.697. The van der Waals surface area contributed by atoms with Gasteiger partial charge in [-0.25, -0.2) is 0 Å². The van der Waals surface area contributed by atoms with Gasteiger partial charge >= 0.3 is 29.8 Å². The molecule has 0 bridgehead atoms. The average molecular weight is 443 g/mol. The van der Waals surface area contributed by atoms with E-state index in [9.17, 15) is 28.8 Å². The van der Waals surface area contributed by atoms with Gasteiger partial charge in [0.15, 0.2) is 0 Å². The number of carbonyl (C=O) groups is 6. The minimum Gasteiger partial charge on any atom is -0.481 e. The largest absolute Gasteiger partial charge is 0.481 e. The first kappa shape index (κ1) is 34.2. The van der Waals surface area contributed by atoms with E-state index in [1.165, 1.54) is 6.92 Å². The lowest BCUT2D eigenvalue weighted by molar-refractivity contribution is -0.144. The van der Waals surface area contributed by atoms with Crippen molar-refractivity contribution in [1.82, 2.24) is 0 Å². The van der Waals surface area contributed by atoms with Gasteiger partial charge in [-0.1, -0.05) is 0 Å². The molecule has 0 rings (SSSR count). The van der Waals surface area contributed by atoms with E-state index in [2.05, 4.69) is 5.73 Å². The normalized spacial score (nSPS) is 11.9. The van der Waals surface area contributed by atoms with Crippen LogP contribution < -0.4 is 28.7 Å². The molecule has 16 heteroatoms. The zero-order valence-electron chi connectivity index (χ0n) is 16.1. The van der Waals surface area contributed by atoms with Crippen LogP contribution in [0.2, 0.25) is 0 Å². The summed E-state index contributed by atoms with van der Waals surface area (Å²) >= 11 is 0. The van der Waals surface area contributed by atoms with E-state index in [0.29, 0.717) is 0 Å². The van der Waals surface area contributed by atoms with Crippen LogP contribution in [0.3, 0.4) is 0 Å². The van der Waals surface area contributed by atoms with Crippen molar-refractivity contribution in [3.63, 3.8) is 0 Å². The van der Waals surface area contributed by atoms with Crippen molar-refractivity contribution >= 4 is 35.8 Å². The third-order valence-electron chi connectivity index (χ3n) is 2.29. The Morgan fingerprint density at radius 3 is 1.20 bits per heavy atom. The number of carboxylic acids is 5. The molecule has 15 N–H and O–H groups in total. The van der Waals surface area contributed by atoms with Gasteiger partial charge in [-0.2, -0.15) is 0 Å². The Labute approximate surface area is 170 Å². The fraction of sp³-hybridized carbons (Fsp3) is 0.571. The van der Waals surface area contributed by atoms with Crippen LogP contribution in [0.25, 0.3) is 0 Å². The summed E-state index contributed by atoms with van der Waals surface area (Å²) in [7, 11) is 0. The molecule has 0 aromatic heterocycles. The predicted molar refractivity (Wildman–Crippen MR) is 99.9 cm³/mol. The molecular weight excluding hydrogens is 414 g/mol. The van der Waals surface area contributed by atoms with Gasteiger partial charge in [0, 0.05) is 6.42 Å². The van der Waals surface area contributed by atoms with Crippen molar-refractivity contribution in [1.29, 1.82) is 0 Å². The molecule has 0 aromatic rings. The van der Waals surface area contributed by atoms with Crippen molar-refractivity contribution in [2.45, 2.75) is 44.3 Å². The molecule has 0 saturated carbocycles. The quantitative estimate of drug-likeness (QED) is 0.162. The van der Waals surface area contributed by atoms with Gasteiger partial charge in [-0.3, -0.25) is 28.8 Å². The average Bonchev–Trinajstić information content (AvgIpc) is 2.60. The van der Waals surface area contributed by atoms with Gasteiger partial charge in [0.05, 0.1) is 13.0 Å². The molecular formula is C14H29N5O11. The maximum Gasteiger partial charge on any atom is 0.321 e. The highest BCUT2D eigenvalue weighted by atomic mass is 16.4. The Bertz CT molecular complexity index is 568. The summed E-state index contributed by atoms with van der Waals surface area (Å²) in [5.41, 5.74) is 24.1. The topological polar surface area (TPSA) is 334 Å². The second-order valence-electron chi connectivity index (χ2n) is 5.22. The van der Waals surface area contributed by atoms with Crippen molar-refractivity contribution in [3.8, 4) is 0 Å². The molecule has 3 atom stereocenters. The highest BCUT2D eigenvalue weighted by Gasteiger charge is 2.14. The summed E-state index contributed by atoms with van der Waals surface area (Å²) in [6, 6.07) is -3.00. The minimum atomic E-state index is -1.29. The van der Waals surface area contributed by atoms with Crippen molar-refractivity contribution in [3.05, 3.63) is 0 Å². The zero-order valence-corrected chi connectivity index (χ0v) is 16.1. The first-order valence-electron chi connectivity index (χ1n) is 7.86. The first-order chi connectivity index (χ1) is 13.5. The molecule has 0 aliphatic carbocycles. The van der Waals surface area contributed by atoms with Crippen molar-refractivity contribution in [2.24, 2.45) is 28.7 Å². The first-order valence-corrected chi connectivity index (χ1v) is 7.86. The van der Waals surface area contributed by atoms with E-state index in [0.717, 1.165) is 0 Å². The summed E-state index contributed by atoms with van der Waals surface area (Å²) in [6.07, 6.45) is -0.409. The summed E-state index contributed by atoms with van der Waals surface area (Å²) in [6.45, 7) is 1.14. The van der Waals surface area contributed by atoms with Gasteiger partial charge in [0.1, 0.15) is 18.1 Å². The molecule has 16 nitrogen and oxygen atoms in total. The van der Waals surface area contributed by atoms with Gasteiger partial charge < -0.3 is 54.2 Å². The second-order valence-corrected chi connectivity index (χ2v) is 5.22. The number of hydrogen-bond donors (Lipinski definition) is 10. The van der Waals surface area contributed by atoms with Crippen LogP contribution in [0, 0.1) is 0 Å².